The summed E-state index contributed by atoms with van der Waals surface area (Å²) in [6.45, 7) is 2.67. The number of nitrogens with zero attached hydrogens (tertiary/aromatic N) is 5. The van der Waals surface area contributed by atoms with E-state index < -0.39 is 0 Å². The van der Waals surface area contributed by atoms with E-state index in [0.717, 1.165) is 30.6 Å². The molecule has 1 aromatic carbocycles. The lowest BCUT2D eigenvalue weighted by molar-refractivity contribution is 0.0913. The standard InChI is InChI=1S/C24H28N6O5/c1-32-21-10-16-9-17(24(31)25-20(16)11-22(21)33-2)12-29(13-18-5-3-7-34-18)15-23-26-27-28-30(23)14-19-6-4-8-35-19/h3,5,7,9-11,19H,4,6,8,12-15H2,1-2H3,(H,25,31). The van der Waals surface area contributed by atoms with Gasteiger partial charge in [-0.2, -0.15) is 0 Å². The molecule has 35 heavy (non-hydrogen) atoms. The summed E-state index contributed by atoms with van der Waals surface area (Å²) in [5.74, 6) is 2.64. The molecule has 0 amide bonds. The Labute approximate surface area is 201 Å². The first-order valence-corrected chi connectivity index (χ1v) is 11.5. The van der Waals surface area contributed by atoms with Gasteiger partial charge in [0.1, 0.15) is 5.76 Å². The van der Waals surface area contributed by atoms with E-state index in [4.69, 9.17) is 18.6 Å². The number of nitrogens with one attached hydrogen (secondary N) is 1. The van der Waals surface area contributed by atoms with Crippen molar-refractivity contribution in [1.29, 1.82) is 0 Å². The Morgan fingerprint density at radius 3 is 2.77 bits per heavy atom. The number of fused-ring (bicyclic) bond motifs is 1. The monoisotopic (exact) mass is 480 g/mol. The minimum absolute atomic E-state index is 0.117. The molecule has 184 valence electrons. The van der Waals surface area contributed by atoms with E-state index in [9.17, 15) is 4.79 Å². The van der Waals surface area contributed by atoms with Gasteiger partial charge in [-0.25, -0.2) is 4.68 Å². The molecule has 11 nitrogen and oxygen atoms in total. The lowest BCUT2D eigenvalue weighted by Gasteiger charge is -2.21. The van der Waals surface area contributed by atoms with Gasteiger partial charge >= 0.3 is 0 Å². The number of hydrogen-bond donors (Lipinski definition) is 1. The molecule has 0 aliphatic carbocycles. The van der Waals surface area contributed by atoms with Crippen LogP contribution in [0.1, 0.15) is 30.0 Å². The van der Waals surface area contributed by atoms with Crippen LogP contribution in [0.2, 0.25) is 0 Å². The minimum Gasteiger partial charge on any atom is -0.493 e. The van der Waals surface area contributed by atoms with E-state index in [1.54, 1.807) is 31.2 Å². The normalized spacial score (nSPS) is 15.8. The van der Waals surface area contributed by atoms with Gasteiger partial charge in [0.15, 0.2) is 17.3 Å². The van der Waals surface area contributed by atoms with Gasteiger partial charge in [-0.1, -0.05) is 0 Å². The summed E-state index contributed by atoms with van der Waals surface area (Å²) in [6, 6.07) is 9.24. The van der Waals surface area contributed by atoms with Gasteiger partial charge in [-0.05, 0) is 47.5 Å². The van der Waals surface area contributed by atoms with Crippen LogP contribution < -0.4 is 15.0 Å². The summed E-state index contributed by atoms with van der Waals surface area (Å²) in [4.78, 5) is 18.0. The highest BCUT2D eigenvalue weighted by Crippen LogP contribution is 2.31. The first-order valence-electron chi connectivity index (χ1n) is 11.5. The number of benzene rings is 1. The third kappa shape index (κ3) is 5.20. The maximum absolute atomic E-state index is 13.0. The van der Waals surface area contributed by atoms with Gasteiger partial charge in [-0.15, -0.1) is 5.10 Å². The van der Waals surface area contributed by atoms with Crippen molar-refractivity contribution in [3.63, 3.8) is 0 Å². The number of pyridine rings is 1. The maximum Gasteiger partial charge on any atom is 0.252 e. The smallest absolute Gasteiger partial charge is 0.252 e. The number of tetrazole rings is 1. The van der Waals surface area contributed by atoms with E-state index in [-0.39, 0.29) is 11.7 Å². The lowest BCUT2D eigenvalue weighted by Crippen LogP contribution is -2.28. The van der Waals surface area contributed by atoms with E-state index in [1.807, 2.05) is 24.3 Å². The highest BCUT2D eigenvalue weighted by molar-refractivity contribution is 5.83. The summed E-state index contributed by atoms with van der Waals surface area (Å²) < 4.78 is 23.9. The van der Waals surface area contributed by atoms with E-state index in [0.29, 0.717) is 54.6 Å². The quantitative estimate of drug-likeness (QED) is 0.365. The average Bonchev–Trinajstić information content (AvgIpc) is 3.64. The van der Waals surface area contributed by atoms with Crippen molar-refractivity contribution in [2.24, 2.45) is 0 Å². The molecule has 0 saturated carbocycles. The first kappa shape index (κ1) is 23.1. The topological polar surface area (TPSA) is 121 Å². The fourth-order valence-corrected chi connectivity index (χ4v) is 4.39. The van der Waals surface area contributed by atoms with Crippen LogP contribution in [-0.2, 0) is 30.9 Å². The van der Waals surface area contributed by atoms with E-state index in [1.165, 1.54) is 0 Å². The molecule has 0 radical (unpaired) electrons. The Morgan fingerprint density at radius 2 is 2.03 bits per heavy atom. The number of aromatic nitrogens is 5. The number of H-pyrrole nitrogens is 1. The molecule has 1 aliphatic rings. The van der Waals surface area contributed by atoms with Gasteiger partial charge in [-0.3, -0.25) is 9.69 Å². The molecule has 1 N–H and O–H groups in total. The molecule has 0 bridgehead atoms. The molecule has 11 heteroatoms. The molecule has 1 unspecified atom stereocenters. The third-order valence-corrected chi connectivity index (χ3v) is 6.15. The molecule has 1 atom stereocenters. The summed E-state index contributed by atoms with van der Waals surface area (Å²) >= 11 is 0. The van der Waals surface area contributed by atoms with Gasteiger partial charge in [0.25, 0.3) is 5.56 Å². The fraction of sp³-hybridized carbons (Fsp3) is 0.417. The molecular formula is C24H28N6O5. The van der Waals surface area contributed by atoms with Crippen molar-refractivity contribution >= 4 is 10.9 Å². The van der Waals surface area contributed by atoms with Crippen molar-refractivity contribution in [3.05, 3.63) is 64.1 Å². The number of ether oxygens (including phenoxy) is 3. The minimum atomic E-state index is -0.173. The van der Waals surface area contributed by atoms with Crippen molar-refractivity contribution in [3.8, 4) is 11.5 Å². The summed E-state index contributed by atoms with van der Waals surface area (Å²) in [7, 11) is 3.15. The zero-order valence-corrected chi connectivity index (χ0v) is 19.8. The Morgan fingerprint density at radius 1 is 1.17 bits per heavy atom. The van der Waals surface area contributed by atoms with Crippen LogP contribution in [0, 0.1) is 0 Å². The predicted octanol–water partition coefficient (Wildman–Crippen LogP) is 2.51. The second kappa shape index (κ2) is 10.3. The Kier molecular flexibility index (Phi) is 6.77. The highest BCUT2D eigenvalue weighted by atomic mass is 16.5. The highest BCUT2D eigenvalue weighted by Gasteiger charge is 2.21. The number of hydrogen-bond acceptors (Lipinski definition) is 9. The zero-order valence-electron chi connectivity index (χ0n) is 19.8. The zero-order chi connectivity index (χ0) is 24.2. The third-order valence-electron chi connectivity index (χ3n) is 6.15. The second-order valence-electron chi connectivity index (χ2n) is 8.55. The lowest BCUT2D eigenvalue weighted by atomic mass is 10.1. The Bertz CT molecular complexity index is 1330. The van der Waals surface area contributed by atoms with Gasteiger partial charge in [0.2, 0.25) is 0 Å². The van der Waals surface area contributed by atoms with Crippen LogP contribution in [-0.4, -0.2) is 57.0 Å². The van der Waals surface area contributed by atoms with Gasteiger partial charge < -0.3 is 23.6 Å². The fourth-order valence-electron chi connectivity index (χ4n) is 4.39. The van der Waals surface area contributed by atoms with Gasteiger partial charge in [0, 0.05) is 30.2 Å². The number of methoxy groups -OCH3 is 2. The van der Waals surface area contributed by atoms with Gasteiger partial charge in [0.05, 0.1) is 51.7 Å². The Balaban J connectivity index is 1.42. The van der Waals surface area contributed by atoms with Crippen LogP contribution in [0.25, 0.3) is 10.9 Å². The SMILES string of the molecule is COc1cc2cc(CN(Cc3ccco3)Cc3nnnn3CC3CCCO3)c(=O)[nH]c2cc1OC. The number of furan rings is 1. The van der Waals surface area contributed by atoms with Crippen LogP contribution in [0.5, 0.6) is 11.5 Å². The van der Waals surface area contributed by atoms with Crippen LogP contribution in [0.15, 0.2) is 45.8 Å². The van der Waals surface area contributed by atoms with E-state index >= 15 is 0 Å². The van der Waals surface area contributed by atoms with Crippen LogP contribution in [0.4, 0.5) is 0 Å². The van der Waals surface area contributed by atoms with Crippen molar-refractivity contribution in [2.75, 3.05) is 20.8 Å². The second-order valence-corrected chi connectivity index (χ2v) is 8.55. The maximum atomic E-state index is 13.0. The molecule has 3 aromatic heterocycles. The summed E-state index contributed by atoms with van der Waals surface area (Å²) in [5.41, 5.74) is 1.11. The van der Waals surface area contributed by atoms with Crippen molar-refractivity contribution in [2.45, 2.75) is 45.1 Å². The van der Waals surface area contributed by atoms with Crippen molar-refractivity contribution in [1.82, 2.24) is 30.1 Å². The largest absolute Gasteiger partial charge is 0.493 e. The van der Waals surface area contributed by atoms with Crippen LogP contribution >= 0.6 is 0 Å². The molecular weight excluding hydrogens is 452 g/mol. The average molecular weight is 481 g/mol. The molecule has 4 aromatic rings. The Hall–Kier alpha value is -3.70. The summed E-state index contributed by atoms with van der Waals surface area (Å²) in [6.07, 6.45) is 3.80. The van der Waals surface area contributed by atoms with Crippen LogP contribution in [0.3, 0.4) is 0 Å². The molecule has 0 spiro atoms. The first-order chi connectivity index (χ1) is 17.1. The molecule has 1 fully saturated rings. The van der Waals surface area contributed by atoms with Crippen molar-refractivity contribution < 1.29 is 18.6 Å². The summed E-state index contributed by atoms with van der Waals surface area (Å²) in [5, 5.41) is 13.1. The molecule has 1 aliphatic heterocycles. The number of aromatic amines is 1. The predicted molar refractivity (Wildman–Crippen MR) is 126 cm³/mol. The van der Waals surface area contributed by atoms with E-state index in [2.05, 4.69) is 25.4 Å². The molecule has 1 saturated heterocycles. The molecule has 5 rings (SSSR count). The number of rotatable bonds is 10. The molecule has 4 heterocycles.